The smallest absolute Gasteiger partial charge is 0.407 e. The number of nitrogens with one attached hydrogen (secondary N) is 1. The molecule has 0 radical (unpaired) electrons. The van der Waals surface area contributed by atoms with Gasteiger partial charge in [-0.05, 0) is 55.5 Å². The third-order valence-electron chi connectivity index (χ3n) is 6.71. The van der Waals surface area contributed by atoms with Crippen LogP contribution in [0.2, 0.25) is 0 Å². The van der Waals surface area contributed by atoms with Gasteiger partial charge in [-0.2, -0.15) is 4.31 Å². The van der Waals surface area contributed by atoms with Crippen molar-refractivity contribution < 1.29 is 32.5 Å². The van der Waals surface area contributed by atoms with E-state index >= 15 is 0 Å². The first-order valence-corrected chi connectivity index (χ1v) is 14.7. The van der Waals surface area contributed by atoms with Crippen molar-refractivity contribution in [2.75, 3.05) is 32.0 Å². The number of nitrogens with two attached hydrogens (primary N) is 1. The van der Waals surface area contributed by atoms with E-state index in [-0.39, 0.29) is 49.1 Å². The minimum absolute atomic E-state index is 0.0144. The molecule has 2 heterocycles. The quantitative estimate of drug-likeness (QED) is 0.246. The number of alkyl carbamates (subject to hydrolysis) is 1. The summed E-state index contributed by atoms with van der Waals surface area (Å²) in [6.45, 7) is 10.2. The molecule has 4 N–H and O–H groups in total. The minimum atomic E-state index is -3.95. The molecule has 0 unspecified atom stereocenters. The number of amides is 1. The number of nitrogen functional groups attached to an aromatic ring is 1. The number of fused-ring (bicyclic) bond motifs is 1. The maximum Gasteiger partial charge on any atom is 0.407 e. The van der Waals surface area contributed by atoms with Gasteiger partial charge in [0.1, 0.15) is 6.10 Å². The van der Waals surface area contributed by atoms with Crippen LogP contribution in [0.25, 0.3) is 0 Å². The van der Waals surface area contributed by atoms with Crippen LogP contribution in [0.4, 0.5) is 10.5 Å². The summed E-state index contributed by atoms with van der Waals surface area (Å²) in [5, 5.41) is 14.1. The van der Waals surface area contributed by atoms with E-state index in [1.165, 1.54) is 28.6 Å². The molecule has 2 fully saturated rings. The molecule has 11 heteroatoms. The van der Waals surface area contributed by atoms with Gasteiger partial charge in [0.05, 0.1) is 36.2 Å². The fraction of sp³-hybridized carbons (Fsp3) is 0.536. The Morgan fingerprint density at radius 1 is 1.28 bits per heavy atom. The number of hydrogen-bond donors (Lipinski definition) is 3. The Hall–Kier alpha value is -2.70. The normalized spacial score (nSPS) is 23.2. The van der Waals surface area contributed by atoms with Gasteiger partial charge in [-0.3, -0.25) is 0 Å². The second kappa shape index (κ2) is 14.1. The van der Waals surface area contributed by atoms with Crippen LogP contribution in [0.3, 0.4) is 0 Å². The molecular formula is C28H41N3O7S. The highest BCUT2D eigenvalue weighted by atomic mass is 32.2. The summed E-state index contributed by atoms with van der Waals surface area (Å²) >= 11 is 0. The van der Waals surface area contributed by atoms with Crippen molar-refractivity contribution in [3.8, 4) is 0 Å². The number of ether oxygens (including phenoxy) is 3. The van der Waals surface area contributed by atoms with Crippen molar-refractivity contribution in [2.45, 2.75) is 63.0 Å². The maximum atomic E-state index is 13.5. The molecule has 0 aliphatic carbocycles. The molecule has 0 aromatic heterocycles. The summed E-state index contributed by atoms with van der Waals surface area (Å²) < 4.78 is 45.0. The molecule has 1 aromatic rings. The molecule has 5 atom stereocenters. The lowest BCUT2D eigenvalue weighted by Crippen LogP contribution is -2.51. The largest absolute Gasteiger partial charge is 0.443 e. The van der Waals surface area contributed by atoms with Gasteiger partial charge in [-0.25, -0.2) is 13.2 Å². The Kier molecular flexibility index (Phi) is 11.1. The molecule has 216 valence electrons. The van der Waals surface area contributed by atoms with Crippen LogP contribution in [0.1, 0.15) is 33.6 Å². The van der Waals surface area contributed by atoms with Gasteiger partial charge >= 0.3 is 6.09 Å². The van der Waals surface area contributed by atoms with Crippen molar-refractivity contribution in [3.63, 3.8) is 0 Å². The predicted molar refractivity (Wildman–Crippen MR) is 149 cm³/mol. The first-order chi connectivity index (χ1) is 18.5. The molecular weight excluding hydrogens is 522 g/mol. The van der Waals surface area contributed by atoms with Gasteiger partial charge in [0.2, 0.25) is 10.0 Å². The molecule has 1 amide bonds. The van der Waals surface area contributed by atoms with E-state index in [4.69, 9.17) is 19.9 Å². The predicted octanol–water partition coefficient (Wildman–Crippen LogP) is 3.21. The van der Waals surface area contributed by atoms with E-state index in [0.29, 0.717) is 12.3 Å². The number of carbonyl (C=O) groups excluding carboxylic acids is 1. The summed E-state index contributed by atoms with van der Waals surface area (Å²) in [6, 6.07) is 5.06. The van der Waals surface area contributed by atoms with Gasteiger partial charge in [0.15, 0.2) is 6.29 Å². The second-order valence-corrected chi connectivity index (χ2v) is 12.2. The van der Waals surface area contributed by atoms with Gasteiger partial charge in [-0.1, -0.05) is 44.7 Å². The van der Waals surface area contributed by atoms with E-state index in [0.717, 1.165) is 12.0 Å². The molecule has 2 aliphatic rings. The van der Waals surface area contributed by atoms with Crippen molar-refractivity contribution in [3.05, 3.63) is 60.7 Å². The molecule has 2 aliphatic heterocycles. The van der Waals surface area contributed by atoms with Crippen LogP contribution >= 0.6 is 0 Å². The molecule has 39 heavy (non-hydrogen) atoms. The summed E-state index contributed by atoms with van der Waals surface area (Å²) in [6.07, 6.45) is 5.26. The lowest BCUT2D eigenvalue weighted by molar-refractivity contribution is -0.0907. The Bertz CT molecular complexity index is 1130. The molecule has 0 saturated carbocycles. The lowest BCUT2D eigenvalue weighted by atomic mass is 10.0. The molecule has 0 bridgehead atoms. The average molecular weight is 564 g/mol. The third-order valence-corrected chi connectivity index (χ3v) is 8.56. The first kappa shape index (κ1) is 30.8. The zero-order valence-corrected chi connectivity index (χ0v) is 23.7. The van der Waals surface area contributed by atoms with E-state index in [1.807, 2.05) is 39.0 Å². The van der Waals surface area contributed by atoms with E-state index < -0.39 is 34.4 Å². The van der Waals surface area contributed by atoms with Crippen molar-refractivity contribution in [1.82, 2.24) is 9.62 Å². The van der Waals surface area contributed by atoms with Crippen LogP contribution in [-0.2, 0) is 24.2 Å². The van der Waals surface area contributed by atoms with Crippen molar-refractivity contribution in [2.24, 2.45) is 11.8 Å². The second-order valence-electron chi connectivity index (χ2n) is 10.2. The Morgan fingerprint density at radius 2 is 2.00 bits per heavy atom. The molecule has 1 aromatic carbocycles. The average Bonchev–Trinajstić information content (AvgIpc) is 3.50. The van der Waals surface area contributed by atoms with Crippen LogP contribution in [0, 0.1) is 11.8 Å². The number of nitrogens with zero attached hydrogens (tertiary/aromatic N) is 1. The Morgan fingerprint density at radius 3 is 2.64 bits per heavy atom. The van der Waals surface area contributed by atoms with Crippen LogP contribution in [0.5, 0.6) is 0 Å². The summed E-state index contributed by atoms with van der Waals surface area (Å²) in [4.78, 5) is 13.0. The lowest BCUT2D eigenvalue weighted by Gasteiger charge is -2.31. The van der Waals surface area contributed by atoms with Crippen LogP contribution < -0.4 is 11.1 Å². The fourth-order valence-corrected chi connectivity index (χ4v) is 6.27. The highest BCUT2D eigenvalue weighted by Gasteiger charge is 2.44. The molecule has 10 nitrogen and oxygen atoms in total. The maximum absolute atomic E-state index is 13.5. The standard InChI is InChI=1S/C28H41N3O7S/c1-5-7-8-20(6-2)15-24(30-28(33)38-26-18-37-27-23(26)13-14-36-27)25(32)17-31(16-19(3)4)39(34,35)22-11-9-21(29)10-12-22/h5-12,19,23-27,32H,2,13-18,29H2,1,3-4H3,(H,30,33)/b7-5-,20-8+/t23-,24-,25+,26-,27+/m0/s1. The number of aliphatic hydroxyl groups is 1. The van der Waals surface area contributed by atoms with Crippen molar-refractivity contribution in [1.29, 1.82) is 0 Å². The fourth-order valence-electron chi connectivity index (χ4n) is 4.65. The highest BCUT2D eigenvalue weighted by molar-refractivity contribution is 7.89. The molecule has 2 saturated heterocycles. The number of benzene rings is 1. The van der Waals surface area contributed by atoms with Crippen molar-refractivity contribution >= 4 is 21.8 Å². The first-order valence-electron chi connectivity index (χ1n) is 13.2. The molecule has 3 rings (SSSR count). The number of aliphatic hydroxyl groups excluding tert-OH is 1. The van der Waals surface area contributed by atoms with Gasteiger partial charge in [0.25, 0.3) is 0 Å². The van der Waals surface area contributed by atoms with E-state index in [1.54, 1.807) is 6.08 Å². The minimum Gasteiger partial charge on any atom is -0.443 e. The summed E-state index contributed by atoms with van der Waals surface area (Å²) in [5.74, 6) is -0.0524. The number of sulfonamides is 1. The monoisotopic (exact) mass is 563 g/mol. The SMILES string of the molecule is C=C/C(=C\C=C/C)C[C@H](NC(=O)O[C@H]1CO[C@H]2OCC[C@H]21)[C@H](O)CN(CC(C)C)S(=O)(=O)c1ccc(N)cc1. The zero-order valence-electron chi connectivity index (χ0n) is 22.9. The van der Waals surface area contributed by atoms with Gasteiger partial charge in [-0.15, -0.1) is 0 Å². The van der Waals surface area contributed by atoms with Crippen LogP contribution in [-0.4, -0.2) is 74.8 Å². The van der Waals surface area contributed by atoms with Gasteiger partial charge < -0.3 is 30.4 Å². The third kappa shape index (κ3) is 8.39. The Labute approximate surface area is 231 Å². The number of hydrogen-bond acceptors (Lipinski definition) is 8. The van der Waals surface area contributed by atoms with Crippen LogP contribution in [0.15, 0.2) is 65.6 Å². The Balaban J connectivity index is 1.81. The molecule has 0 spiro atoms. The summed E-state index contributed by atoms with van der Waals surface area (Å²) in [7, 11) is -3.95. The summed E-state index contributed by atoms with van der Waals surface area (Å²) in [5.41, 5.74) is 6.94. The number of carbonyl (C=O) groups is 1. The number of anilines is 1. The highest BCUT2D eigenvalue weighted by Crippen LogP contribution is 2.33. The van der Waals surface area contributed by atoms with Gasteiger partial charge in [0, 0.05) is 18.8 Å². The van der Waals surface area contributed by atoms with E-state index in [2.05, 4.69) is 11.9 Å². The topological polar surface area (TPSA) is 140 Å². The number of rotatable bonds is 13. The number of allylic oxidation sites excluding steroid dienone is 4. The van der Waals surface area contributed by atoms with E-state index in [9.17, 15) is 18.3 Å². The zero-order chi connectivity index (χ0) is 28.6.